The van der Waals surface area contributed by atoms with Gasteiger partial charge in [0.15, 0.2) is 0 Å². The van der Waals surface area contributed by atoms with Crippen LogP contribution in [-0.4, -0.2) is 49.9 Å². The molecule has 0 fully saturated rings. The molecule has 62 heavy (non-hydrogen) atoms. The smallest absolute Gasteiger partial charge is 0.457 e. The normalized spacial score (nSPS) is 14.7. The molecule has 348 valence electrons. The van der Waals surface area contributed by atoms with Gasteiger partial charge in [-0.05, 0) is 109 Å². The minimum atomic E-state index is -4.32. The maximum absolute atomic E-state index is 12.6. The first-order valence-electron chi connectivity index (χ1n) is 23.3. The molecule has 0 heterocycles. The summed E-state index contributed by atoms with van der Waals surface area (Å²) in [5, 5.41) is 0. The van der Waals surface area contributed by atoms with Crippen molar-refractivity contribution in [2.75, 3.05) is 33.0 Å². The summed E-state index contributed by atoms with van der Waals surface area (Å²) in [6, 6.07) is 0. The van der Waals surface area contributed by atoms with Crippen LogP contribution in [-0.2, 0) is 27.9 Å². The van der Waals surface area contributed by atoms with Crippen molar-refractivity contribution in [1.82, 2.24) is 0 Å². The number of ether oxygens (including phenoxy) is 2. The van der Waals surface area contributed by atoms with E-state index in [2.05, 4.69) is 160 Å². The van der Waals surface area contributed by atoms with Crippen molar-refractivity contribution >= 4 is 13.8 Å². The van der Waals surface area contributed by atoms with Crippen LogP contribution in [0.25, 0.3) is 0 Å². The molecule has 2 atom stereocenters. The number of nitrogens with two attached hydrogens (primary N) is 1. The van der Waals surface area contributed by atoms with E-state index in [0.717, 1.165) is 116 Å². The Morgan fingerprint density at radius 3 is 1.26 bits per heavy atom. The Morgan fingerprint density at radius 2 is 0.855 bits per heavy atom. The van der Waals surface area contributed by atoms with Crippen molar-refractivity contribution in [1.29, 1.82) is 0 Å². The molecule has 0 saturated carbocycles. The number of unbranched alkanes of at least 4 members (excludes halogenated alkanes) is 5. The second kappa shape index (κ2) is 48.4. The molecule has 8 nitrogen and oxygen atoms in total. The average molecular weight is 878 g/mol. The second-order valence-electron chi connectivity index (χ2n) is 14.5. The third-order valence-corrected chi connectivity index (χ3v) is 9.74. The number of carbonyl (C=O) groups is 1. The van der Waals surface area contributed by atoms with Crippen molar-refractivity contribution < 1.29 is 32.8 Å². The highest BCUT2D eigenvalue weighted by Gasteiger charge is 2.25. The van der Waals surface area contributed by atoms with Gasteiger partial charge in [-0.25, -0.2) is 4.57 Å². The van der Waals surface area contributed by atoms with Crippen LogP contribution in [0.15, 0.2) is 146 Å². The van der Waals surface area contributed by atoms with Gasteiger partial charge in [-0.3, -0.25) is 13.8 Å². The number of phosphoric acid groups is 1. The number of hydrogen-bond acceptors (Lipinski definition) is 7. The number of phosphoric ester groups is 1. The summed E-state index contributed by atoms with van der Waals surface area (Å²) in [6.07, 6.45) is 70.2. The lowest BCUT2D eigenvalue weighted by molar-refractivity contribution is -0.154. The molecule has 0 saturated heterocycles. The van der Waals surface area contributed by atoms with Gasteiger partial charge in [-0.1, -0.05) is 173 Å². The van der Waals surface area contributed by atoms with Crippen LogP contribution in [0, 0.1) is 0 Å². The van der Waals surface area contributed by atoms with Crippen molar-refractivity contribution in [3.8, 4) is 0 Å². The van der Waals surface area contributed by atoms with Gasteiger partial charge >= 0.3 is 13.8 Å². The monoisotopic (exact) mass is 878 g/mol. The van der Waals surface area contributed by atoms with E-state index in [1.165, 1.54) is 0 Å². The van der Waals surface area contributed by atoms with Crippen LogP contribution >= 0.6 is 7.82 Å². The molecule has 0 aliphatic heterocycles. The summed E-state index contributed by atoms with van der Waals surface area (Å²) in [4.78, 5) is 22.5. The quantitative estimate of drug-likeness (QED) is 0.0269. The fourth-order valence-electron chi connectivity index (χ4n) is 5.42. The van der Waals surface area contributed by atoms with E-state index in [1.54, 1.807) is 0 Å². The van der Waals surface area contributed by atoms with E-state index >= 15 is 0 Å². The molecular formula is C53H84NO7P. The Kier molecular flexibility index (Phi) is 45.6. The Balaban J connectivity index is 4.22. The second-order valence-corrected chi connectivity index (χ2v) is 16.0. The minimum Gasteiger partial charge on any atom is -0.457 e. The fraction of sp³-hybridized carbons (Fsp3) is 0.528. The zero-order valence-corrected chi connectivity index (χ0v) is 39.4. The molecule has 0 aromatic heterocycles. The molecule has 0 aliphatic carbocycles. The number of allylic oxidation sites excluding steroid dienone is 24. The van der Waals surface area contributed by atoms with Gasteiger partial charge in [0.25, 0.3) is 0 Å². The summed E-state index contributed by atoms with van der Waals surface area (Å²) >= 11 is 0. The van der Waals surface area contributed by atoms with Gasteiger partial charge < -0.3 is 20.1 Å². The average Bonchev–Trinajstić information content (AvgIpc) is 3.26. The highest BCUT2D eigenvalue weighted by atomic mass is 31.2. The van der Waals surface area contributed by atoms with Crippen LogP contribution in [0.1, 0.15) is 142 Å². The number of esters is 1. The van der Waals surface area contributed by atoms with Crippen molar-refractivity contribution in [3.63, 3.8) is 0 Å². The number of rotatable bonds is 42. The molecule has 0 aromatic rings. The molecule has 0 amide bonds. The van der Waals surface area contributed by atoms with Crippen LogP contribution in [0.3, 0.4) is 0 Å². The zero-order valence-electron chi connectivity index (χ0n) is 38.5. The standard InChI is InChI=1S/C53H84NO7P/c1-3-5-7-9-11-13-15-17-19-21-23-25-26-27-28-30-32-34-36-38-40-42-44-46-53(55)61-52(51-60-62(56,57)59-49-47-54)50-58-48-45-43-41-39-37-35-33-31-29-24-22-20-18-16-14-12-10-8-6-4-2/h5-8,11-14,17-20,23-25,27-29,32-35,38,40,52H,3-4,9-10,15-16,21-22,26,30-31,36-37,39,41-51,54H2,1-2H3,(H,56,57)/b7-5-,8-6-,13-11-,14-12-,19-17-,20-18-,25-23-,28-27-,29-24-,34-32-,35-33-,40-38-. The topological polar surface area (TPSA) is 117 Å². The summed E-state index contributed by atoms with van der Waals surface area (Å²) < 4.78 is 33.4. The third kappa shape index (κ3) is 47.4. The first kappa shape index (κ1) is 58.4. The Hall–Kier alpha value is -3.62. The first-order valence-corrected chi connectivity index (χ1v) is 24.8. The van der Waals surface area contributed by atoms with E-state index in [-0.39, 0.29) is 32.8 Å². The Labute approximate surface area is 378 Å². The van der Waals surface area contributed by atoms with Crippen LogP contribution < -0.4 is 5.73 Å². The van der Waals surface area contributed by atoms with Crippen molar-refractivity contribution in [3.05, 3.63) is 146 Å². The summed E-state index contributed by atoms with van der Waals surface area (Å²) in [5.41, 5.74) is 5.37. The van der Waals surface area contributed by atoms with Gasteiger partial charge in [0, 0.05) is 19.6 Å². The zero-order chi connectivity index (χ0) is 45.1. The van der Waals surface area contributed by atoms with E-state index in [9.17, 15) is 14.3 Å². The van der Waals surface area contributed by atoms with E-state index < -0.39 is 19.9 Å². The van der Waals surface area contributed by atoms with Gasteiger partial charge in [-0.2, -0.15) is 0 Å². The van der Waals surface area contributed by atoms with Crippen molar-refractivity contribution in [2.45, 2.75) is 148 Å². The molecule has 2 unspecified atom stereocenters. The van der Waals surface area contributed by atoms with Crippen LogP contribution in [0.4, 0.5) is 0 Å². The van der Waals surface area contributed by atoms with E-state index in [1.807, 2.05) is 0 Å². The fourth-order valence-corrected chi connectivity index (χ4v) is 6.19. The molecule has 0 aliphatic rings. The first-order chi connectivity index (χ1) is 30.4. The van der Waals surface area contributed by atoms with E-state index in [4.69, 9.17) is 24.3 Å². The molecule has 0 spiro atoms. The highest BCUT2D eigenvalue weighted by molar-refractivity contribution is 7.47. The molecule has 0 rings (SSSR count). The van der Waals surface area contributed by atoms with Gasteiger partial charge in [0.2, 0.25) is 0 Å². The molecule has 9 heteroatoms. The summed E-state index contributed by atoms with van der Waals surface area (Å²) in [6.45, 7) is 4.50. The number of hydrogen-bond donors (Lipinski definition) is 2. The van der Waals surface area contributed by atoms with Gasteiger partial charge in [0.1, 0.15) is 6.10 Å². The maximum atomic E-state index is 12.6. The summed E-state index contributed by atoms with van der Waals surface area (Å²) in [7, 11) is -4.32. The van der Waals surface area contributed by atoms with Crippen molar-refractivity contribution in [2.24, 2.45) is 5.73 Å². The summed E-state index contributed by atoms with van der Waals surface area (Å²) in [5.74, 6) is -0.404. The maximum Gasteiger partial charge on any atom is 0.472 e. The highest BCUT2D eigenvalue weighted by Crippen LogP contribution is 2.43. The predicted octanol–water partition coefficient (Wildman–Crippen LogP) is 14.5. The van der Waals surface area contributed by atoms with Gasteiger partial charge in [-0.15, -0.1) is 0 Å². The SMILES string of the molecule is CC/C=C\C/C=C\C/C=C\C/C=C\C/C=C\C/C=C\C/C=C\CCCC(=O)OC(COCCCCCC/C=C\C/C=C\C/C=C\C/C=C\C/C=C\CC)COP(=O)(O)OCCN. The molecule has 0 bridgehead atoms. The molecule has 3 N–H and O–H groups in total. The molecule has 0 aromatic carbocycles. The minimum absolute atomic E-state index is 0.0640. The molecule has 0 radical (unpaired) electrons. The van der Waals surface area contributed by atoms with Crippen LogP contribution in [0.5, 0.6) is 0 Å². The Morgan fingerprint density at radius 1 is 0.484 bits per heavy atom. The van der Waals surface area contributed by atoms with Gasteiger partial charge in [0.05, 0.1) is 19.8 Å². The Bertz CT molecular complexity index is 1450. The lowest BCUT2D eigenvalue weighted by atomic mass is 10.1. The lowest BCUT2D eigenvalue weighted by Crippen LogP contribution is -2.28. The van der Waals surface area contributed by atoms with E-state index in [0.29, 0.717) is 13.0 Å². The third-order valence-electron chi connectivity index (χ3n) is 8.75. The predicted molar refractivity (Wildman–Crippen MR) is 265 cm³/mol. The molecular weight excluding hydrogens is 794 g/mol. The van der Waals surface area contributed by atoms with Crippen LogP contribution in [0.2, 0.25) is 0 Å². The number of carbonyl (C=O) groups excluding carboxylic acids is 1. The largest absolute Gasteiger partial charge is 0.472 e. The lowest BCUT2D eigenvalue weighted by Gasteiger charge is -2.20.